The van der Waals surface area contributed by atoms with Crippen LogP contribution < -0.4 is 5.32 Å². The average molecular weight is 292 g/mol. The lowest BCUT2D eigenvalue weighted by Crippen LogP contribution is -2.43. The Hall–Kier alpha value is -2.18. The van der Waals surface area contributed by atoms with Crippen molar-refractivity contribution in [2.45, 2.75) is 53.0 Å². The zero-order valence-electron chi connectivity index (χ0n) is 13.1. The van der Waals surface area contributed by atoms with Crippen molar-refractivity contribution in [3.05, 3.63) is 28.7 Å². The van der Waals surface area contributed by atoms with E-state index in [1.807, 2.05) is 27.7 Å². The Morgan fingerprint density at radius 3 is 2.33 bits per heavy atom. The zero-order chi connectivity index (χ0) is 15.8. The van der Waals surface area contributed by atoms with Gasteiger partial charge in [0.25, 0.3) is 0 Å². The van der Waals surface area contributed by atoms with Gasteiger partial charge in [-0.05, 0) is 34.6 Å². The Labute approximate surface area is 123 Å². The first-order valence-corrected chi connectivity index (χ1v) is 6.78. The number of hydrogen-bond acceptors (Lipinski definition) is 6. The van der Waals surface area contributed by atoms with E-state index in [1.54, 1.807) is 13.8 Å². The molecule has 21 heavy (non-hydrogen) atoms. The standard InChI is InChI=1S/C14H20N4O3/c1-7(11-8(2)17-20-9(11)3)12(19)16-14(5,6)13-15-10(4)21-18-13/h7H,1-6H3,(H,16,19)/t7-/m1/s1. The van der Waals surface area contributed by atoms with Crippen LogP contribution in [0.2, 0.25) is 0 Å². The maximum atomic E-state index is 12.5. The number of nitrogens with zero attached hydrogens (tertiary/aromatic N) is 3. The van der Waals surface area contributed by atoms with Gasteiger partial charge in [0.05, 0.1) is 17.2 Å². The molecule has 2 rings (SSSR count). The third-order valence-electron chi connectivity index (χ3n) is 3.44. The SMILES string of the molecule is Cc1nc(C(C)(C)NC(=O)[C@H](C)c2c(C)noc2C)no1. The van der Waals surface area contributed by atoms with Gasteiger partial charge in [-0.15, -0.1) is 0 Å². The fraction of sp³-hybridized carbons (Fsp3) is 0.571. The van der Waals surface area contributed by atoms with Crippen molar-refractivity contribution in [1.82, 2.24) is 20.6 Å². The summed E-state index contributed by atoms with van der Waals surface area (Å²) >= 11 is 0. The second-order valence-corrected chi connectivity index (χ2v) is 5.71. The molecule has 0 radical (unpaired) electrons. The van der Waals surface area contributed by atoms with Crippen LogP contribution in [0.15, 0.2) is 9.05 Å². The Balaban J connectivity index is 2.17. The largest absolute Gasteiger partial charge is 0.361 e. The molecule has 0 aromatic carbocycles. The summed E-state index contributed by atoms with van der Waals surface area (Å²) in [6, 6.07) is 0. The van der Waals surface area contributed by atoms with E-state index in [9.17, 15) is 4.79 Å². The number of nitrogens with one attached hydrogen (secondary N) is 1. The highest BCUT2D eigenvalue weighted by molar-refractivity contribution is 5.84. The van der Waals surface area contributed by atoms with Crippen LogP contribution in [0.3, 0.4) is 0 Å². The van der Waals surface area contributed by atoms with E-state index in [2.05, 4.69) is 20.6 Å². The second kappa shape index (κ2) is 5.31. The lowest BCUT2D eigenvalue weighted by molar-refractivity contribution is -0.124. The summed E-state index contributed by atoms with van der Waals surface area (Å²) < 4.78 is 10.1. The summed E-state index contributed by atoms with van der Waals surface area (Å²) in [7, 11) is 0. The molecule has 0 aliphatic carbocycles. The van der Waals surface area contributed by atoms with Gasteiger partial charge in [0, 0.05) is 12.5 Å². The number of amides is 1. The first-order valence-electron chi connectivity index (χ1n) is 6.78. The van der Waals surface area contributed by atoms with Crippen molar-refractivity contribution < 1.29 is 13.8 Å². The molecule has 2 aromatic heterocycles. The summed E-state index contributed by atoms with van der Waals surface area (Å²) in [6.45, 7) is 10.8. The summed E-state index contributed by atoms with van der Waals surface area (Å²) in [6.07, 6.45) is 0. The lowest BCUT2D eigenvalue weighted by atomic mass is 9.96. The van der Waals surface area contributed by atoms with Crippen LogP contribution in [0, 0.1) is 20.8 Å². The quantitative estimate of drug-likeness (QED) is 0.927. The van der Waals surface area contributed by atoms with Crippen molar-refractivity contribution in [3.8, 4) is 0 Å². The molecule has 1 N–H and O–H groups in total. The normalized spacial score (nSPS) is 13.2. The highest BCUT2D eigenvalue weighted by Crippen LogP contribution is 2.25. The van der Waals surface area contributed by atoms with Crippen LogP contribution in [-0.2, 0) is 10.3 Å². The highest BCUT2D eigenvalue weighted by Gasteiger charge is 2.32. The van der Waals surface area contributed by atoms with Crippen molar-refractivity contribution in [1.29, 1.82) is 0 Å². The number of aryl methyl sites for hydroxylation is 3. The maximum Gasteiger partial charge on any atom is 0.228 e. The van der Waals surface area contributed by atoms with Crippen LogP contribution in [0.4, 0.5) is 0 Å². The molecule has 0 aliphatic rings. The molecule has 0 unspecified atom stereocenters. The molecule has 2 heterocycles. The lowest BCUT2D eigenvalue weighted by Gasteiger charge is -2.24. The van der Waals surface area contributed by atoms with Gasteiger partial charge >= 0.3 is 0 Å². The molecular weight excluding hydrogens is 272 g/mol. The van der Waals surface area contributed by atoms with E-state index in [-0.39, 0.29) is 11.8 Å². The topological polar surface area (TPSA) is 94.1 Å². The molecule has 1 atom stereocenters. The average Bonchev–Trinajstić information content (AvgIpc) is 2.95. The van der Waals surface area contributed by atoms with Crippen molar-refractivity contribution in [2.24, 2.45) is 0 Å². The summed E-state index contributed by atoms with van der Waals surface area (Å²) in [5.74, 6) is 1.05. The van der Waals surface area contributed by atoms with E-state index < -0.39 is 5.54 Å². The van der Waals surface area contributed by atoms with Gasteiger partial charge in [-0.1, -0.05) is 10.3 Å². The Morgan fingerprint density at radius 2 is 1.86 bits per heavy atom. The third-order valence-corrected chi connectivity index (χ3v) is 3.44. The molecule has 0 saturated carbocycles. The minimum Gasteiger partial charge on any atom is -0.361 e. The van der Waals surface area contributed by atoms with Gasteiger partial charge in [-0.3, -0.25) is 4.79 Å². The van der Waals surface area contributed by atoms with Crippen LogP contribution >= 0.6 is 0 Å². The summed E-state index contributed by atoms with van der Waals surface area (Å²) in [4.78, 5) is 16.6. The molecule has 7 heteroatoms. The van der Waals surface area contributed by atoms with E-state index in [0.29, 0.717) is 17.5 Å². The minimum absolute atomic E-state index is 0.142. The van der Waals surface area contributed by atoms with E-state index in [0.717, 1.165) is 11.3 Å². The van der Waals surface area contributed by atoms with Crippen molar-refractivity contribution in [2.75, 3.05) is 0 Å². The van der Waals surface area contributed by atoms with Gasteiger partial charge in [0.15, 0.2) is 5.82 Å². The third kappa shape index (κ3) is 2.96. The van der Waals surface area contributed by atoms with E-state index >= 15 is 0 Å². The Bertz CT molecular complexity index is 637. The molecule has 0 bridgehead atoms. The van der Waals surface area contributed by atoms with Crippen LogP contribution in [0.25, 0.3) is 0 Å². The molecule has 7 nitrogen and oxygen atoms in total. The predicted molar refractivity (Wildman–Crippen MR) is 74.6 cm³/mol. The first-order chi connectivity index (χ1) is 9.72. The fourth-order valence-electron chi connectivity index (χ4n) is 2.26. The van der Waals surface area contributed by atoms with Crippen molar-refractivity contribution in [3.63, 3.8) is 0 Å². The molecule has 0 spiro atoms. The molecular formula is C14H20N4O3. The molecule has 1 amide bonds. The Kier molecular flexibility index (Phi) is 3.85. The zero-order valence-corrected chi connectivity index (χ0v) is 13.1. The van der Waals surface area contributed by atoms with Crippen LogP contribution in [0.5, 0.6) is 0 Å². The first kappa shape index (κ1) is 15.2. The second-order valence-electron chi connectivity index (χ2n) is 5.71. The number of carbonyl (C=O) groups is 1. The molecule has 2 aromatic rings. The van der Waals surface area contributed by atoms with Gasteiger partial charge in [0.1, 0.15) is 5.76 Å². The van der Waals surface area contributed by atoms with Gasteiger partial charge in [-0.2, -0.15) is 4.98 Å². The number of carbonyl (C=O) groups excluding carboxylic acids is 1. The maximum absolute atomic E-state index is 12.5. The van der Waals surface area contributed by atoms with Gasteiger partial charge in [-0.25, -0.2) is 0 Å². The molecule has 0 aliphatic heterocycles. The van der Waals surface area contributed by atoms with Gasteiger partial charge in [0.2, 0.25) is 11.8 Å². The summed E-state index contributed by atoms with van der Waals surface area (Å²) in [5, 5.41) is 10.7. The number of rotatable bonds is 4. The monoisotopic (exact) mass is 292 g/mol. The Morgan fingerprint density at radius 1 is 1.19 bits per heavy atom. The minimum atomic E-state index is -0.720. The predicted octanol–water partition coefficient (Wildman–Crippen LogP) is 2.14. The fourth-order valence-corrected chi connectivity index (χ4v) is 2.26. The number of hydrogen-bond donors (Lipinski definition) is 1. The molecule has 114 valence electrons. The smallest absolute Gasteiger partial charge is 0.228 e. The van der Waals surface area contributed by atoms with Gasteiger partial charge < -0.3 is 14.4 Å². The van der Waals surface area contributed by atoms with Crippen LogP contribution in [-0.4, -0.2) is 21.2 Å². The highest BCUT2D eigenvalue weighted by atomic mass is 16.5. The molecule has 0 saturated heterocycles. The summed E-state index contributed by atoms with van der Waals surface area (Å²) in [5.41, 5.74) is 0.818. The van der Waals surface area contributed by atoms with Crippen LogP contribution in [0.1, 0.15) is 55.4 Å². The van der Waals surface area contributed by atoms with E-state index in [4.69, 9.17) is 9.05 Å². The van der Waals surface area contributed by atoms with Crippen molar-refractivity contribution >= 4 is 5.91 Å². The molecule has 0 fully saturated rings. The number of aromatic nitrogens is 3. The van der Waals surface area contributed by atoms with E-state index in [1.165, 1.54) is 0 Å².